The highest BCUT2D eigenvalue weighted by atomic mass is 32.3. The van der Waals surface area contributed by atoms with Gasteiger partial charge in [-0.2, -0.15) is 16.8 Å². The largest absolute Gasteiger partial charge is 0.409 e. The highest BCUT2D eigenvalue weighted by molar-refractivity contribution is 7.83. The Hall–Kier alpha value is -1.23. The van der Waals surface area contributed by atoms with Crippen LogP contribution < -0.4 is 0 Å². The van der Waals surface area contributed by atoms with Crippen LogP contribution in [-0.4, -0.2) is 74.2 Å². The number of imide groups is 1. The summed E-state index contributed by atoms with van der Waals surface area (Å²) in [6.07, 6.45) is 2.19. The van der Waals surface area contributed by atoms with E-state index in [1.165, 1.54) is 7.05 Å². The molecule has 0 N–H and O–H groups in total. The minimum absolute atomic E-state index is 0.171. The maximum atomic E-state index is 12.0. The van der Waals surface area contributed by atoms with Gasteiger partial charge < -0.3 is 4.90 Å². The van der Waals surface area contributed by atoms with Gasteiger partial charge in [-0.05, 0) is 25.9 Å². The summed E-state index contributed by atoms with van der Waals surface area (Å²) in [4.78, 5) is 27.9. The average Bonchev–Trinajstić information content (AvgIpc) is 2.91. The van der Waals surface area contributed by atoms with E-state index < -0.39 is 28.2 Å². The second kappa shape index (κ2) is 4.38. The predicted octanol–water partition coefficient (Wildman–Crippen LogP) is -1.08. The zero-order chi connectivity index (χ0) is 14.5. The lowest BCUT2D eigenvalue weighted by atomic mass is 10.4. The molecule has 0 saturated carbocycles. The first kappa shape index (κ1) is 13.7. The van der Waals surface area contributed by atoms with E-state index in [4.69, 9.17) is 0 Å². The third-order valence-corrected chi connectivity index (χ3v) is 4.58. The summed E-state index contributed by atoms with van der Waals surface area (Å²) in [5, 5.41) is 0. The molecule has 3 aliphatic rings. The lowest BCUT2D eigenvalue weighted by Crippen LogP contribution is -2.64. The van der Waals surface area contributed by atoms with E-state index >= 15 is 0 Å². The predicted molar refractivity (Wildman–Crippen MR) is 64.4 cm³/mol. The first-order valence-electron chi connectivity index (χ1n) is 6.34. The highest BCUT2D eigenvalue weighted by Crippen LogP contribution is 2.40. The summed E-state index contributed by atoms with van der Waals surface area (Å²) in [6.45, 7) is 2.57. The number of rotatable bonds is 3. The fourth-order valence-corrected chi connectivity index (χ4v) is 3.54. The van der Waals surface area contributed by atoms with Gasteiger partial charge in [0.15, 0.2) is 0 Å². The number of urea groups is 1. The molecule has 20 heavy (non-hydrogen) atoms. The zero-order valence-corrected chi connectivity index (χ0v) is 11.8. The molecule has 0 aromatic heterocycles. The maximum absolute atomic E-state index is 12.0. The van der Waals surface area contributed by atoms with Crippen LogP contribution in [0.3, 0.4) is 0 Å². The highest BCUT2D eigenvalue weighted by Gasteiger charge is 2.70. The van der Waals surface area contributed by atoms with Gasteiger partial charge in [-0.3, -0.25) is 14.6 Å². The summed E-state index contributed by atoms with van der Waals surface area (Å²) in [5.74, 6) is -2.94. The van der Waals surface area contributed by atoms with Crippen LogP contribution in [0.15, 0.2) is 0 Å². The van der Waals surface area contributed by atoms with Gasteiger partial charge >= 0.3 is 28.2 Å². The Morgan fingerprint density at radius 1 is 1.15 bits per heavy atom. The van der Waals surface area contributed by atoms with Crippen LogP contribution in [-0.2, 0) is 23.6 Å². The Morgan fingerprint density at radius 3 is 2.30 bits per heavy atom. The molecule has 0 aromatic rings. The number of likely N-dealkylation sites (N-methyl/N-ethyl adjacent to an activating group) is 1. The van der Waals surface area contributed by atoms with Crippen molar-refractivity contribution in [1.29, 1.82) is 0 Å². The van der Waals surface area contributed by atoms with Crippen LogP contribution in [0.2, 0.25) is 0 Å². The van der Waals surface area contributed by atoms with Gasteiger partial charge in [0.25, 0.3) is 0 Å². The van der Waals surface area contributed by atoms with Crippen LogP contribution in [0.4, 0.5) is 4.79 Å². The maximum Gasteiger partial charge on any atom is 0.409 e. The molecule has 0 aromatic carbocycles. The Labute approximate surface area is 116 Å². The summed E-state index contributed by atoms with van der Waals surface area (Å²) in [7, 11) is -2.91. The lowest BCUT2D eigenvalue weighted by Gasteiger charge is -2.38. The van der Waals surface area contributed by atoms with E-state index in [0.717, 1.165) is 35.7 Å². The third kappa shape index (κ3) is 1.91. The monoisotopic (exact) mass is 305 g/mol. The molecule has 0 bridgehead atoms. The molecule has 10 heteroatoms. The SMILES string of the molecule is CN1C(=O)N(CCN2CCCC2)C2(OS(=O)(=O)O2)C1=O. The first-order valence-corrected chi connectivity index (χ1v) is 7.67. The van der Waals surface area contributed by atoms with E-state index in [2.05, 4.69) is 13.3 Å². The van der Waals surface area contributed by atoms with E-state index in [1.54, 1.807) is 0 Å². The topological polar surface area (TPSA) is 96.5 Å². The lowest BCUT2D eigenvalue weighted by molar-refractivity contribution is -0.240. The van der Waals surface area contributed by atoms with Gasteiger partial charge in [0.2, 0.25) is 0 Å². The van der Waals surface area contributed by atoms with Gasteiger partial charge in [0.1, 0.15) is 0 Å². The Morgan fingerprint density at radius 2 is 1.75 bits per heavy atom. The van der Waals surface area contributed by atoms with Gasteiger partial charge in [-0.25, -0.2) is 4.79 Å². The molecular formula is C10H15N3O6S. The molecule has 3 rings (SSSR count). The zero-order valence-electron chi connectivity index (χ0n) is 10.9. The second-order valence-corrected chi connectivity index (χ2v) is 6.15. The number of nitrogens with zero attached hydrogens (tertiary/aromatic N) is 3. The van der Waals surface area contributed by atoms with Crippen LogP contribution in [0, 0.1) is 0 Å². The van der Waals surface area contributed by atoms with Crippen molar-refractivity contribution in [2.24, 2.45) is 0 Å². The molecule has 3 heterocycles. The van der Waals surface area contributed by atoms with E-state index in [-0.39, 0.29) is 6.54 Å². The van der Waals surface area contributed by atoms with Crippen molar-refractivity contribution in [3.63, 3.8) is 0 Å². The number of hydrogen-bond donors (Lipinski definition) is 0. The fraction of sp³-hybridized carbons (Fsp3) is 0.800. The van der Waals surface area contributed by atoms with Crippen LogP contribution in [0.5, 0.6) is 0 Å². The van der Waals surface area contributed by atoms with E-state index in [1.807, 2.05) is 0 Å². The summed E-state index contributed by atoms with van der Waals surface area (Å²) < 4.78 is 31.3. The average molecular weight is 305 g/mol. The number of hydrogen-bond acceptors (Lipinski definition) is 7. The van der Waals surface area contributed by atoms with Crippen molar-refractivity contribution in [2.45, 2.75) is 18.8 Å². The minimum atomic E-state index is -4.18. The normalized spacial score (nSPS) is 28.4. The van der Waals surface area contributed by atoms with Crippen molar-refractivity contribution >= 4 is 22.3 Å². The third-order valence-electron chi connectivity index (χ3n) is 3.72. The minimum Gasteiger partial charge on any atom is -0.302 e. The molecule has 0 unspecified atom stereocenters. The number of amides is 3. The molecule has 3 amide bonds. The molecule has 0 radical (unpaired) electrons. The van der Waals surface area contributed by atoms with Crippen LogP contribution >= 0.6 is 0 Å². The molecule has 112 valence electrons. The van der Waals surface area contributed by atoms with Crippen molar-refractivity contribution in [2.75, 3.05) is 33.2 Å². The standard InChI is InChI=1S/C10H15N3O6S/c1-11-8(14)10(18-20(16,17)19-10)13(9(11)15)7-6-12-4-2-3-5-12/h2-7H2,1H3. The van der Waals surface area contributed by atoms with Gasteiger partial charge in [-0.15, -0.1) is 0 Å². The molecule has 9 nitrogen and oxygen atoms in total. The van der Waals surface area contributed by atoms with E-state index in [9.17, 15) is 18.0 Å². The first-order chi connectivity index (χ1) is 9.36. The Balaban J connectivity index is 1.76. The molecule has 3 saturated heterocycles. The molecule has 3 aliphatic heterocycles. The molecule has 0 atom stereocenters. The summed E-state index contributed by atoms with van der Waals surface area (Å²) >= 11 is 0. The molecule has 0 aliphatic carbocycles. The van der Waals surface area contributed by atoms with Gasteiger partial charge in [0.05, 0.1) is 0 Å². The number of carbonyl (C=O) groups is 2. The summed E-state index contributed by atoms with van der Waals surface area (Å²) in [5.41, 5.74) is 0. The number of likely N-dealkylation sites (tertiary alicyclic amines) is 1. The smallest absolute Gasteiger partial charge is 0.302 e. The second-order valence-electron chi connectivity index (χ2n) is 5.00. The fourth-order valence-electron chi connectivity index (χ4n) is 2.66. The molecule has 3 fully saturated rings. The Bertz CT molecular complexity index is 543. The number of carbonyl (C=O) groups excluding carboxylic acids is 2. The summed E-state index contributed by atoms with van der Waals surface area (Å²) in [6, 6.07) is -0.621. The van der Waals surface area contributed by atoms with Crippen molar-refractivity contribution in [1.82, 2.24) is 14.7 Å². The van der Waals surface area contributed by atoms with Crippen molar-refractivity contribution < 1.29 is 26.4 Å². The van der Waals surface area contributed by atoms with Crippen LogP contribution in [0.1, 0.15) is 12.8 Å². The molecule has 1 spiro atoms. The quantitative estimate of drug-likeness (QED) is 0.612. The van der Waals surface area contributed by atoms with Gasteiger partial charge in [-0.1, -0.05) is 0 Å². The van der Waals surface area contributed by atoms with Crippen molar-refractivity contribution in [3.05, 3.63) is 0 Å². The van der Waals surface area contributed by atoms with Gasteiger partial charge in [0, 0.05) is 20.1 Å². The Kier molecular flexibility index (Phi) is 3.01. The van der Waals surface area contributed by atoms with Crippen LogP contribution in [0.25, 0.3) is 0 Å². The van der Waals surface area contributed by atoms with E-state index in [0.29, 0.717) is 6.54 Å². The molecular weight excluding hydrogens is 290 g/mol. The van der Waals surface area contributed by atoms with Crippen molar-refractivity contribution in [3.8, 4) is 0 Å².